The van der Waals surface area contributed by atoms with Crippen molar-refractivity contribution in [2.45, 2.75) is 3.23 Å². The number of halogens is 3. The summed E-state index contributed by atoms with van der Waals surface area (Å²) in [6, 6.07) is 4.99. The van der Waals surface area contributed by atoms with Gasteiger partial charge in [-0.3, -0.25) is 4.79 Å². The van der Waals surface area contributed by atoms with E-state index in [9.17, 15) is 9.18 Å². The number of hydrogen-bond acceptors (Lipinski definition) is 2. The van der Waals surface area contributed by atoms with E-state index in [2.05, 4.69) is 31.9 Å². The molecule has 0 N–H and O–H groups in total. The fraction of sp³-hybridized carbons (Fsp3) is 0.222. The predicted molar refractivity (Wildman–Crippen MR) is 58.6 cm³/mol. The second-order valence-electron chi connectivity index (χ2n) is 2.58. The molecule has 0 heterocycles. The minimum Gasteiger partial charge on any atom is -0.497 e. The van der Waals surface area contributed by atoms with Crippen LogP contribution in [-0.4, -0.2) is 13.1 Å². The van der Waals surface area contributed by atoms with Crippen molar-refractivity contribution in [3.63, 3.8) is 0 Å². The predicted octanol–water partition coefficient (Wildman–Crippen LogP) is 3.13. The summed E-state index contributed by atoms with van der Waals surface area (Å²) in [5, 5.41) is 0. The van der Waals surface area contributed by atoms with Gasteiger partial charge in [0.15, 0.2) is 3.23 Å². The van der Waals surface area contributed by atoms with Crippen LogP contribution in [0.3, 0.4) is 0 Å². The number of rotatable bonds is 3. The maximum atomic E-state index is 12.6. The molecule has 0 saturated carbocycles. The van der Waals surface area contributed by atoms with Crippen molar-refractivity contribution in [3.8, 4) is 5.75 Å². The zero-order chi connectivity index (χ0) is 10.8. The first-order valence-electron chi connectivity index (χ1n) is 3.70. The Hall–Kier alpha value is -0.420. The summed E-state index contributed by atoms with van der Waals surface area (Å²) >= 11 is 5.90. The van der Waals surface area contributed by atoms with E-state index in [-0.39, 0.29) is 0 Å². The number of carbonyl (C=O) groups excluding carboxylic acids is 1. The maximum Gasteiger partial charge on any atom is 0.333 e. The molecule has 0 unspecified atom stereocenters. The van der Waals surface area contributed by atoms with E-state index in [1.165, 1.54) is 7.11 Å². The van der Waals surface area contributed by atoms with Gasteiger partial charge in [0.05, 0.1) is 7.11 Å². The van der Waals surface area contributed by atoms with Crippen LogP contribution in [-0.2, 0) is 8.03 Å². The minimum absolute atomic E-state index is 0.478. The van der Waals surface area contributed by atoms with Crippen molar-refractivity contribution in [1.29, 1.82) is 0 Å². The van der Waals surface area contributed by atoms with Crippen LogP contribution in [0.15, 0.2) is 24.3 Å². The van der Waals surface area contributed by atoms with Gasteiger partial charge in [-0.1, -0.05) is 44.0 Å². The molecule has 1 aromatic rings. The Bertz CT molecular complexity index is 335. The highest BCUT2D eigenvalue weighted by Crippen LogP contribution is 2.39. The first kappa shape index (κ1) is 11.7. The molecule has 0 bridgehead atoms. The van der Waals surface area contributed by atoms with Crippen LogP contribution in [0.1, 0.15) is 5.56 Å². The molecule has 0 fully saturated rings. The van der Waals surface area contributed by atoms with Crippen LogP contribution in [0.4, 0.5) is 4.39 Å². The summed E-state index contributed by atoms with van der Waals surface area (Å²) in [7, 11) is 1.53. The van der Waals surface area contributed by atoms with Gasteiger partial charge in [-0.25, -0.2) is 0 Å². The van der Waals surface area contributed by atoms with Crippen molar-refractivity contribution in [1.82, 2.24) is 0 Å². The lowest BCUT2D eigenvalue weighted by molar-refractivity contribution is -0.129. The normalized spacial score (nSPS) is 11.1. The van der Waals surface area contributed by atoms with E-state index in [0.29, 0.717) is 11.3 Å². The summed E-state index contributed by atoms with van der Waals surface area (Å²) < 4.78 is 16.1. The largest absolute Gasteiger partial charge is 0.497 e. The van der Waals surface area contributed by atoms with E-state index >= 15 is 0 Å². The molecule has 5 heteroatoms. The monoisotopic (exact) mass is 324 g/mol. The summed E-state index contributed by atoms with van der Waals surface area (Å²) in [5.74, 6) is 0.649. The zero-order valence-corrected chi connectivity index (χ0v) is 10.4. The molecule has 0 aromatic heterocycles. The third-order valence-electron chi connectivity index (χ3n) is 1.70. The van der Waals surface area contributed by atoms with Crippen LogP contribution in [0, 0.1) is 0 Å². The van der Waals surface area contributed by atoms with Crippen molar-refractivity contribution in [2.24, 2.45) is 0 Å². The second-order valence-corrected chi connectivity index (χ2v) is 6.02. The smallest absolute Gasteiger partial charge is 0.333 e. The Morgan fingerprint density at radius 3 is 2.21 bits per heavy atom. The molecule has 0 amide bonds. The summed E-state index contributed by atoms with van der Waals surface area (Å²) in [5.41, 5.74) is 0.478. The van der Waals surface area contributed by atoms with Crippen molar-refractivity contribution < 1.29 is 13.9 Å². The first-order valence-corrected chi connectivity index (χ1v) is 5.29. The Morgan fingerprint density at radius 1 is 1.36 bits per heavy atom. The van der Waals surface area contributed by atoms with E-state index in [4.69, 9.17) is 4.74 Å². The van der Waals surface area contributed by atoms with Crippen LogP contribution in [0.2, 0.25) is 0 Å². The number of methoxy groups -OCH3 is 1. The molecule has 0 spiro atoms. The van der Waals surface area contributed by atoms with Gasteiger partial charge in [0.2, 0.25) is 0 Å². The summed E-state index contributed by atoms with van der Waals surface area (Å²) in [4.78, 5) is 10.6. The Kier molecular flexibility index (Phi) is 3.66. The zero-order valence-electron chi connectivity index (χ0n) is 7.26. The molecule has 0 aliphatic carbocycles. The van der Waals surface area contributed by atoms with Gasteiger partial charge in [0.1, 0.15) is 5.75 Å². The Balaban J connectivity index is 3.02. The molecular weight excluding hydrogens is 319 g/mol. The fourth-order valence-corrected chi connectivity index (χ4v) is 1.44. The fourth-order valence-electron chi connectivity index (χ4n) is 0.914. The SMILES string of the molecule is COc1ccc(C(Br)(Br)C(=O)F)cc1. The van der Waals surface area contributed by atoms with Crippen LogP contribution in [0.5, 0.6) is 5.75 Å². The molecule has 0 aliphatic heterocycles. The molecule has 0 saturated heterocycles. The van der Waals surface area contributed by atoms with Crippen molar-refractivity contribution in [3.05, 3.63) is 29.8 Å². The molecular formula is C9H7Br2FO2. The van der Waals surface area contributed by atoms with Crippen molar-refractivity contribution in [2.75, 3.05) is 7.11 Å². The highest BCUT2D eigenvalue weighted by molar-refractivity contribution is 9.25. The lowest BCUT2D eigenvalue weighted by Crippen LogP contribution is -2.17. The van der Waals surface area contributed by atoms with E-state index in [1.54, 1.807) is 24.3 Å². The van der Waals surface area contributed by atoms with Gasteiger partial charge >= 0.3 is 6.04 Å². The maximum absolute atomic E-state index is 12.6. The Labute approximate surface area is 97.7 Å². The summed E-state index contributed by atoms with van der Waals surface area (Å²) in [6.07, 6.45) is 0. The highest BCUT2D eigenvalue weighted by Gasteiger charge is 2.34. The van der Waals surface area contributed by atoms with Crippen molar-refractivity contribution >= 4 is 37.9 Å². The lowest BCUT2D eigenvalue weighted by atomic mass is 10.1. The quantitative estimate of drug-likeness (QED) is 0.630. The third kappa shape index (κ3) is 2.33. The molecule has 1 rings (SSSR count). The van der Waals surface area contributed by atoms with Crippen LogP contribution >= 0.6 is 31.9 Å². The van der Waals surface area contributed by atoms with Gasteiger partial charge in [-0.15, -0.1) is 0 Å². The summed E-state index contributed by atoms with van der Waals surface area (Å²) in [6.45, 7) is 0. The highest BCUT2D eigenvalue weighted by atomic mass is 79.9. The van der Waals surface area contributed by atoms with E-state index in [1.807, 2.05) is 0 Å². The van der Waals surface area contributed by atoms with Gasteiger partial charge in [-0.2, -0.15) is 4.39 Å². The topological polar surface area (TPSA) is 26.3 Å². The van der Waals surface area contributed by atoms with E-state index in [0.717, 1.165) is 0 Å². The average Bonchev–Trinajstić information content (AvgIpc) is 2.17. The van der Waals surface area contributed by atoms with Gasteiger partial charge in [0.25, 0.3) is 0 Å². The second kappa shape index (κ2) is 4.40. The third-order valence-corrected chi connectivity index (χ3v) is 3.24. The van der Waals surface area contributed by atoms with Gasteiger partial charge in [-0.05, 0) is 17.7 Å². The Morgan fingerprint density at radius 2 is 1.86 bits per heavy atom. The molecule has 76 valence electrons. The van der Waals surface area contributed by atoms with Gasteiger partial charge in [0, 0.05) is 0 Å². The lowest BCUT2D eigenvalue weighted by Gasteiger charge is -2.14. The number of hydrogen-bond donors (Lipinski definition) is 0. The number of ether oxygens (including phenoxy) is 1. The molecule has 0 aliphatic rings. The van der Waals surface area contributed by atoms with Crippen LogP contribution in [0.25, 0.3) is 0 Å². The number of benzene rings is 1. The van der Waals surface area contributed by atoms with E-state index < -0.39 is 9.27 Å². The van der Waals surface area contributed by atoms with Gasteiger partial charge < -0.3 is 4.74 Å². The molecule has 1 aromatic carbocycles. The average molecular weight is 326 g/mol. The molecule has 2 nitrogen and oxygen atoms in total. The minimum atomic E-state index is -1.50. The van der Waals surface area contributed by atoms with Crippen LogP contribution < -0.4 is 4.74 Å². The number of carbonyl (C=O) groups is 1. The molecule has 14 heavy (non-hydrogen) atoms. The standard InChI is InChI=1S/C9H7Br2FO2/c1-14-7-4-2-6(3-5-7)9(10,11)8(12)13/h2-5H,1H3. The number of alkyl halides is 2. The first-order chi connectivity index (χ1) is 6.48. The molecule has 0 atom stereocenters. The molecule has 0 radical (unpaired) electrons.